The maximum absolute atomic E-state index is 11.0. The molecule has 0 bridgehead atoms. The Morgan fingerprint density at radius 1 is 1.62 bits per heavy atom. The van der Waals surface area contributed by atoms with Gasteiger partial charge in [0.2, 0.25) is 0 Å². The third kappa shape index (κ3) is 3.42. The van der Waals surface area contributed by atoms with Gasteiger partial charge in [-0.25, -0.2) is 0 Å². The molecule has 1 saturated heterocycles. The highest BCUT2D eigenvalue weighted by atomic mass is 32.1. The molecule has 0 aromatic carbocycles. The van der Waals surface area contributed by atoms with E-state index in [1.807, 2.05) is 0 Å². The topological polar surface area (TPSA) is 66.6 Å². The van der Waals surface area contributed by atoms with E-state index in [2.05, 4.69) is 4.90 Å². The second-order valence-corrected chi connectivity index (χ2v) is 5.64. The van der Waals surface area contributed by atoms with Gasteiger partial charge in [-0.15, -0.1) is 0 Å². The van der Waals surface area contributed by atoms with Crippen molar-refractivity contribution in [3.63, 3.8) is 0 Å². The number of carbonyl (C=O) groups is 1. The molecule has 3 N–H and O–H groups in total. The molecule has 0 aliphatic carbocycles. The minimum absolute atomic E-state index is 0.244. The molecule has 0 radical (unpaired) electrons. The van der Waals surface area contributed by atoms with Gasteiger partial charge < -0.3 is 15.7 Å². The number of thiocarbonyl (C=S) groups is 1. The van der Waals surface area contributed by atoms with Crippen molar-refractivity contribution in [2.24, 2.45) is 17.1 Å². The summed E-state index contributed by atoms with van der Waals surface area (Å²) in [5.74, 6) is -0.515. The molecule has 0 aromatic heterocycles. The summed E-state index contributed by atoms with van der Waals surface area (Å²) in [6, 6.07) is 0. The minimum Gasteiger partial charge on any atom is -0.481 e. The Morgan fingerprint density at radius 2 is 2.25 bits per heavy atom. The SMILES string of the molecule is CC(C)(CN1CCCC(C(N)=S)C1)C(=O)O. The predicted octanol–water partition coefficient (Wildman–Crippen LogP) is 1.10. The Labute approximate surface area is 102 Å². The van der Waals surface area contributed by atoms with E-state index in [1.54, 1.807) is 13.8 Å². The molecule has 1 fully saturated rings. The molecule has 1 unspecified atom stereocenters. The van der Waals surface area contributed by atoms with Crippen LogP contribution < -0.4 is 5.73 Å². The number of nitrogens with zero attached hydrogens (tertiary/aromatic N) is 1. The van der Waals surface area contributed by atoms with Crippen molar-refractivity contribution >= 4 is 23.2 Å². The number of hydrogen-bond acceptors (Lipinski definition) is 3. The van der Waals surface area contributed by atoms with Gasteiger partial charge in [0.25, 0.3) is 0 Å². The number of carboxylic acids is 1. The van der Waals surface area contributed by atoms with Gasteiger partial charge in [-0.1, -0.05) is 12.2 Å². The second kappa shape index (κ2) is 5.10. The quantitative estimate of drug-likeness (QED) is 0.725. The van der Waals surface area contributed by atoms with Crippen LogP contribution in [-0.4, -0.2) is 40.6 Å². The van der Waals surface area contributed by atoms with Crippen molar-refractivity contribution in [1.29, 1.82) is 0 Å². The highest BCUT2D eigenvalue weighted by Crippen LogP contribution is 2.22. The molecule has 5 heteroatoms. The predicted molar refractivity (Wildman–Crippen MR) is 67.4 cm³/mol. The van der Waals surface area contributed by atoms with Crippen LogP contribution in [-0.2, 0) is 4.79 Å². The van der Waals surface area contributed by atoms with Crippen LogP contribution in [0.3, 0.4) is 0 Å². The zero-order chi connectivity index (χ0) is 12.3. The third-order valence-electron chi connectivity index (χ3n) is 3.11. The lowest BCUT2D eigenvalue weighted by molar-refractivity contribution is -0.148. The minimum atomic E-state index is -0.759. The summed E-state index contributed by atoms with van der Waals surface area (Å²) in [6.45, 7) is 5.79. The Kier molecular flexibility index (Phi) is 4.27. The number of nitrogens with two attached hydrogens (primary N) is 1. The van der Waals surface area contributed by atoms with Crippen LogP contribution in [0.1, 0.15) is 26.7 Å². The van der Waals surface area contributed by atoms with Crippen LogP contribution in [0.5, 0.6) is 0 Å². The van der Waals surface area contributed by atoms with E-state index in [-0.39, 0.29) is 5.92 Å². The van der Waals surface area contributed by atoms with Crippen molar-refractivity contribution in [1.82, 2.24) is 4.90 Å². The zero-order valence-corrected chi connectivity index (χ0v) is 10.7. The third-order valence-corrected chi connectivity index (χ3v) is 3.44. The number of piperidine rings is 1. The lowest BCUT2D eigenvalue weighted by Crippen LogP contribution is -2.46. The van der Waals surface area contributed by atoms with Crippen molar-refractivity contribution in [2.45, 2.75) is 26.7 Å². The van der Waals surface area contributed by atoms with Gasteiger partial charge in [-0.3, -0.25) is 4.79 Å². The van der Waals surface area contributed by atoms with Crippen molar-refractivity contribution in [3.05, 3.63) is 0 Å². The molecule has 0 spiro atoms. The molecule has 4 nitrogen and oxygen atoms in total. The first-order valence-electron chi connectivity index (χ1n) is 5.58. The van der Waals surface area contributed by atoms with Crippen LogP contribution >= 0.6 is 12.2 Å². The van der Waals surface area contributed by atoms with Gasteiger partial charge >= 0.3 is 5.97 Å². The van der Waals surface area contributed by atoms with Crippen LogP contribution in [0.4, 0.5) is 0 Å². The molecule has 0 aromatic rings. The molecule has 16 heavy (non-hydrogen) atoms. The van der Waals surface area contributed by atoms with Crippen molar-refractivity contribution < 1.29 is 9.90 Å². The molecule has 1 aliphatic heterocycles. The van der Waals surface area contributed by atoms with Gasteiger partial charge in [0.1, 0.15) is 0 Å². The number of hydrogen-bond donors (Lipinski definition) is 2. The maximum atomic E-state index is 11.0. The molecular weight excluding hydrogens is 224 g/mol. The average molecular weight is 244 g/mol. The molecule has 0 amide bonds. The highest BCUT2D eigenvalue weighted by molar-refractivity contribution is 7.80. The molecule has 1 atom stereocenters. The molecule has 92 valence electrons. The van der Waals surface area contributed by atoms with Gasteiger partial charge in [-0.05, 0) is 33.2 Å². The lowest BCUT2D eigenvalue weighted by atomic mass is 9.90. The number of rotatable bonds is 4. The Bertz CT molecular complexity index is 292. The van der Waals surface area contributed by atoms with E-state index in [9.17, 15) is 4.79 Å². The average Bonchev–Trinajstić information content (AvgIpc) is 2.17. The summed E-state index contributed by atoms with van der Waals surface area (Å²) in [5.41, 5.74) is 4.93. The Balaban J connectivity index is 2.55. The smallest absolute Gasteiger partial charge is 0.310 e. The first kappa shape index (κ1) is 13.4. The largest absolute Gasteiger partial charge is 0.481 e. The van der Waals surface area contributed by atoms with E-state index >= 15 is 0 Å². The fraction of sp³-hybridized carbons (Fsp3) is 0.818. The molecule has 1 aliphatic rings. The number of carboxylic acid groups (broad SMARTS) is 1. The van der Waals surface area contributed by atoms with Crippen molar-refractivity contribution in [2.75, 3.05) is 19.6 Å². The standard InChI is InChI=1S/C11H20N2O2S/c1-11(2,10(14)15)7-13-5-3-4-8(6-13)9(12)16/h8H,3-7H2,1-2H3,(H2,12,16)(H,14,15). The van der Waals surface area contributed by atoms with Crippen LogP contribution in [0.15, 0.2) is 0 Å². The molecular formula is C11H20N2O2S. The normalized spacial score (nSPS) is 23.0. The summed E-state index contributed by atoms with van der Waals surface area (Å²) < 4.78 is 0. The fourth-order valence-corrected chi connectivity index (χ4v) is 2.25. The van der Waals surface area contributed by atoms with Crippen LogP contribution in [0.25, 0.3) is 0 Å². The Hall–Kier alpha value is -0.680. The number of likely N-dealkylation sites (tertiary alicyclic amines) is 1. The maximum Gasteiger partial charge on any atom is 0.310 e. The van der Waals surface area contributed by atoms with Crippen molar-refractivity contribution in [3.8, 4) is 0 Å². The lowest BCUT2D eigenvalue weighted by Gasteiger charge is -2.35. The molecule has 1 heterocycles. The first-order valence-corrected chi connectivity index (χ1v) is 5.99. The first-order chi connectivity index (χ1) is 7.33. The van der Waals surface area contributed by atoms with E-state index in [0.717, 1.165) is 25.9 Å². The summed E-state index contributed by atoms with van der Waals surface area (Å²) in [4.78, 5) is 13.7. The highest BCUT2D eigenvalue weighted by Gasteiger charge is 2.32. The van der Waals surface area contributed by atoms with E-state index in [1.165, 1.54) is 0 Å². The van der Waals surface area contributed by atoms with Gasteiger partial charge in [0, 0.05) is 19.0 Å². The van der Waals surface area contributed by atoms with Crippen LogP contribution in [0.2, 0.25) is 0 Å². The van der Waals surface area contributed by atoms with Crippen LogP contribution in [0, 0.1) is 11.3 Å². The molecule has 0 saturated carbocycles. The summed E-state index contributed by atoms with van der Waals surface area (Å²) in [5, 5.41) is 9.07. The molecule has 1 rings (SSSR count). The number of aliphatic carboxylic acids is 1. The van der Waals surface area contributed by atoms with Gasteiger partial charge in [-0.2, -0.15) is 0 Å². The summed E-state index contributed by atoms with van der Waals surface area (Å²) in [6.07, 6.45) is 2.07. The van der Waals surface area contributed by atoms with Gasteiger partial charge in [0.05, 0.1) is 10.4 Å². The second-order valence-electron chi connectivity index (χ2n) is 5.17. The van der Waals surface area contributed by atoms with Gasteiger partial charge in [0.15, 0.2) is 0 Å². The van der Waals surface area contributed by atoms with E-state index < -0.39 is 11.4 Å². The summed E-state index contributed by atoms with van der Waals surface area (Å²) in [7, 11) is 0. The van der Waals surface area contributed by atoms with E-state index in [0.29, 0.717) is 11.5 Å². The summed E-state index contributed by atoms with van der Waals surface area (Å²) >= 11 is 5.00. The van der Waals surface area contributed by atoms with E-state index in [4.69, 9.17) is 23.1 Å². The monoisotopic (exact) mass is 244 g/mol. The zero-order valence-electron chi connectivity index (χ0n) is 9.90. The Morgan fingerprint density at radius 3 is 2.75 bits per heavy atom. The fourth-order valence-electron chi connectivity index (χ4n) is 2.06.